The molecule has 1 aromatic heterocycles. The van der Waals surface area contributed by atoms with Gasteiger partial charge in [0.25, 0.3) is 0 Å². The van der Waals surface area contributed by atoms with Crippen LogP contribution in [0.15, 0.2) is 34.4 Å². The van der Waals surface area contributed by atoms with Gasteiger partial charge in [-0.05, 0) is 12.1 Å². The van der Waals surface area contributed by atoms with Crippen molar-refractivity contribution in [2.24, 2.45) is 10.1 Å². The molecule has 3 atom stereocenters. The van der Waals surface area contributed by atoms with Gasteiger partial charge in [0.1, 0.15) is 24.0 Å². The van der Waals surface area contributed by atoms with Gasteiger partial charge in [-0.25, -0.2) is 5.43 Å². The van der Waals surface area contributed by atoms with Gasteiger partial charge < -0.3 is 30.5 Å². The Labute approximate surface area is 153 Å². The largest absolute Gasteiger partial charge is 0.492 e. The van der Waals surface area contributed by atoms with E-state index in [0.717, 1.165) is 23.0 Å². The zero-order valence-electron chi connectivity index (χ0n) is 14.1. The lowest BCUT2D eigenvalue weighted by molar-refractivity contribution is -0.0541. The molecule has 0 saturated carbocycles. The van der Waals surface area contributed by atoms with Crippen LogP contribution in [0.1, 0.15) is 11.3 Å². The molecule has 0 saturated heterocycles. The Morgan fingerprint density at radius 2 is 2.00 bits per heavy atom. The Morgan fingerprint density at radius 1 is 1.22 bits per heavy atom. The number of allylic oxidation sites excluding steroid dienone is 1. The van der Waals surface area contributed by atoms with Gasteiger partial charge in [-0.15, -0.1) is 0 Å². The number of aromatic nitrogens is 2. The van der Waals surface area contributed by atoms with Gasteiger partial charge in [0.2, 0.25) is 11.8 Å². The second-order valence-corrected chi connectivity index (χ2v) is 5.82. The molecule has 0 radical (unpaired) electrons. The van der Waals surface area contributed by atoms with Crippen molar-refractivity contribution in [3.8, 4) is 5.88 Å². The van der Waals surface area contributed by atoms with Crippen LogP contribution >= 0.6 is 0 Å². The summed E-state index contributed by atoms with van der Waals surface area (Å²) in [4.78, 5) is 11.0. The molecule has 0 fully saturated rings. The Balaban J connectivity index is 1.68. The molecule has 142 valence electrons. The fraction of sp³-hybridized carbons (Fsp3) is 0.235. The van der Waals surface area contributed by atoms with Crippen LogP contribution in [0.5, 0.6) is 5.88 Å². The third-order valence-electron chi connectivity index (χ3n) is 3.90. The topological polar surface area (TPSA) is 167 Å². The third-order valence-corrected chi connectivity index (χ3v) is 3.90. The first-order valence-electron chi connectivity index (χ1n) is 8.08. The van der Waals surface area contributed by atoms with E-state index >= 15 is 0 Å². The SMILES string of the molecule is OCC(O)C(O)C(O)/C=N/Nc1nc(O)c(C=C2C=Nc3ccccc32)[nH]1. The summed E-state index contributed by atoms with van der Waals surface area (Å²) in [7, 11) is 0. The van der Waals surface area contributed by atoms with E-state index in [1.54, 1.807) is 12.3 Å². The molecule has 3 unspecified atom stereocenters. The van der Waals surface area contributed by atoms with E-state index in [2.05, 4.69) is 25.5 Å². The number of aliphatic imine (C=N–C) groups is 1. The number of benzene rings is 1. The number of hydrogen-bond donors (Lipinski definition) is 7. The molecule has 27 heavy (non-hydrogen) atoms. The maximum absolute atomic E-state index is 9.97. The lowest BCUT2D eigenvalue weighted by Crippen LogP contribution is -2.40. The number of anilines is 1. The first kappa shape index (κ1) is 18.7. The van der Waals surface area contributed by atoms with Crippen molar-refractivity contribution < 1.29 is 25.5 Å². The minimum Gasteiger partial charge on any atom is -0.492 e. The molecule has 0 bridgehead atoms. The third kappa shape index (κ3) is 4.20. The van der Waals surface area contributed by atoms with Gasteiger partial charge >= 0.3 is 0 Å². The molecule has 7 N–H and O–H groups in total. The molecule has 0 spiro atoms. The summed E-state index contributed by atoms with van der Waals surface area (Å²) in [5, 5.41) is 50.8. The summed E-state index contributed by atoms with van der Waals surface area (Å²) in [5.74, 6) is -0.155. The summed E-state index contributed by atoms with van der Waals surface area (Å²) < 4.78 is 0. The van der Waals surface area contributed by atoms with Crippen LogP contribution in [0.25, 0.3) is 11.6 Å². The first-order chi connectivity index (χ1) is 13.0. The summed E-state index contributed by atoms with van der Waals surface area (Å²) in [6.45, 7) is -0.698. The van der Waals surface area contributed by atoms with E-state index in [-0.39, 0.29) is 11.8 Å². The fourth-order valence-electron chi connectivity index (χ4n) is 2.44. The molecule has 0 aliphatic carbocycles. The number of nitrogens with one attached hydrogen (secondary N) is 2. The number of H-pyrrole nitrogens is 1. The first-order valence-corrected chi connectivity index (χ1v) is 8.08. The van der Waals surface area contributed by atoms with Crippen molar-refractivity contribution >= 4 is 35.7 Å². The summed E-state index contributed by atoms with van der Waals surface area (Å²) >= 11 is 0. The van der Waals surface area contributed by atoms with Gasteiger partial charge in [0, 0.05) is 17.4 Å². The molecule has 1 aromatic carbocycles. The van der Waals surface area contributed by atoms with E-state index in [0.29, 0.717) is 5.69 Å². The number of fused-ring (bicyclic) bond motifs is 1. The van der Waals surface area contributed by atoms with Crippen LogP contribution in [-0.2, 0) is 0 Å². The Bertz CT molecular complexity index is 892. The summed E-state index contributed by atoms with van der Waals surface area (Å²) in [6, 6.07) is 7.58. The second-order valence-electron chi connectivity index (χ2n) is 5.82. The maximum atomic E-state index is 9.97. The van der Waals surface area contributed by atoms with Crippen molar-refractivity contribution in [2.45, 2.75) is 18.3 Å². The maximum Gasteiger partial charge on any atom is 0.238 e. The van der Waals surface area contributed by atoms with Crippen LogP contribution in [-0.4, -0.2) is 72.8 Å². The molecule has 1 aliphatic heterocycles. The molecule has 10 heteroatoms. The molecule has 10 nitrogen and oxygen atoms in total. The smallest absolute Gasteiger partial charge is 0.238 e. The molecular weight excluding hydrogens is 354 g/mol. The van der Waals surface area contributed by atoms with E-state index in [4.69, 9.17) is 5.11 Å². The number of hydrazone groups is 1. The minimum atomic E-state index is -1.59. The van der Waals surface area contributed by atoms with Crippen LogP contribution in [0, 0.1) is 0 Å². The van der Waals surface area contributed by atoms with E-state index in [9.17, 15) is 20.4 Å². The lowest BCUT2D eigenvalue weighted by Gasteiger charge is -2.17. The molecule has 1 aliphatic rings. The van der Waals surface area contributed by atoms with Gasteiger partial charge in [-0.2, -0.15) is 10.1 Å². The molecule has 2 heterocycles. The number of aliphatic hydroxyl groups is 4. The average Bonchev–Trinajstić information content (AvgIpc) is 3.24. The van der Waals surface area contributed by atoms with Crippen molar-refractivity contribution in [3.05, 3.63) is 35.5 Å². The fourth-order valence-corrected chi connectivity index (χ4v) is 2.44. The number of para-hydroxylation sites is 1. The highest BCUT2D eigenvalue weighted by molar-refractivity contribution is 6.21. The summed E-state index contributed by atoms with van der Waals surface area (Å²) in [6.07, 6.45) is -0.290. The summed E-state index contributed by atoms with van der Waals surface area (Å²) in [5.41, 5.74) is 5.36. The second kappa shape index (κ2) is 8.10. The van der Waals surface area contributed by atoms with Gasteiger partial charge in [0.05, 0.1) is 18.5 Å². The Kier molecular flexibility index (Phi) is 5.62. The average molecular weight is 373 g/mol. The number of nitrogens with zero attached hydrogens (tertiary/aromatic N) is 3. The van der Waals surface area contributed by atoms with Gasteiger partial charge in [-0.1, -0.05) is 18.2 Å². The van der Waals surface area contributed by atoms with Crippen molar-refractivity contribution in [1.29, 1.82) is 0 Å². The Hall–Kier alpha value is -3.05. The number of aromatic amines is 1. The van der Waals surface area contributed by atoms with E-state index in [1.165, 1.54) is 0 Å². The molecular formula is C17H19N5O5. The number of hydrogen-bond acceptors (Lipinski definition) is 9. The van der Waals surface area contributed by atoms with Crippen LogP contribution in [0.2, 0.25) is 0 Å². The highest BCUT2D eigenvalue weighted by Gasteiger charge is 2.22. The standard InChI is InChI=1S/C17H19N5O5/c23-8-14(25)15(26)13(24)7-19-22-17-20-12(16(27)21-17)5-9-6-18-11-4-2-1-3-10(9)11/h1-7,13-15,23-27H,8H2,(H2,20,21,22)/b9-5?,19-7+. The number of imidazole rings is 1. The van der Waals surface area contributed by atoms with Crippen LogP contribution in [0.4, 0.5) is 11.6 Å². The van der Waals surface area contributed by atoms with Crippen molar-refractivity contribution in [2.75, 3.05) is 12.0 Å². The quantitative estimate of drug-likeness (QED) is 0.261. The predicted octanol–water partition coefficient (Wildman–Crippen LogP) is -0.156. The number of aromatic hydroxyl groups is 1. The normalized spacial score (nSPS) is 18.0. The van der Waals surface area contributed by atoms with Crippen molar-refractivity contribution in [3.63, 3.8) is 0 Å². The minimum absolute atomic E-state index is 0.100. The highest BCUT2D eigenvalue weighted by atomic mass is 16.4. The van der Waals surface area contributed by atoms with Gasteiger partial charge in [-0.3, -0.25) is 4.99 Å². The predicted molar refractivity (Wildman–Crippen MR) is 99.9 cm³/mol. The molecule has 3 rings (SSSR count). The van der Waals surface area contributed by atoms with Crippen molar-refractivity contribution in [1.82, 2.24) is 9.97 Å². The number of aliphatic hydroxyl groups excluding tert-OH is 4. The number of rotatable bonds is 7. The Morgan fingerprint density at radius 3 is 2.78 bits per heavy atom. The zero-order valence-corrected chi connectivity index (χ0v) is 14.1. The van der Waals surface area contributed by atoms with Crippen LogP contribution in [0.3, 0.4) is 0 Å². The van der Waals surface area contributed by atoms with E-state index < -0.39 is 24.9 Å². The van der Waals surface area contributed by atoms with E-state index in [1.807, 2.05) is 24.3 Å². The molecule has 2 aromatic rings. The van der Waals surface area contributed by atoms with Crippen LogP contribution < -0.4 is 5.43 Å². The highest BCUT2D eigenvalue weighted by Crippen LogP contribution is 2.33. The monoisotopic (exact) mass is 373 g/mol. The van der Waals surface area contributed by atoms with Gasteiger partial charge in [0.15, 0.2) is 0 Å². The lowest BCUT2D eigenvalue weighted by atomic mass is 10.1. The zero-order chi connectivity index (χ0) is 19.4. The molecule has 0 amide bonds.